The summed E-state index contributed by atoms with van der Waals surface area (Å²) in [4.78, 5) is 22.4. The second kappa shape index (κ2) is 8.34. The first-order valence-electron chi connectivity index (χ1n) is 7.36. The van der Waals surface area contributed by atoms with Crippen LogP contribution in [0.4, 0.5) is 5.69 Å². The van der Waals surface area contributed by atoms with E-state index in [1.807, 2.05) is 0 Å². The molecule has 0 bridgehead atoms. The third-order valence-corrected chi connectivity index (χ3v) is 4.67. The number of rotatable bonds is 7. The fourth-order valence-electron chi connectivity index (χ4n) is 1.92. The quantitative estimate of drug-likeness (QED) is 0.731. The molecule has 2 aromatic carbocycles. The number of sulfonamides is 1. The summed E-state index contributed by atoms with van der Waals surface area (Å²) in [5.74, 6) is -0.725. The van der Waals surface area contributed by atoms with Gasteiger partial charge in [-0.05, 0) is 48.5 Å². The molecule has 0 aliphatic rings. The van der Waals surface area contributed by atoms with Crippen molar-refractivity contribution < 1.29 is 32.2 Å². The lowest BCUT2D eigenvalue weighted by Crippen LogP contribution is -2.14. The molecule has 0 unspecified atom stereocenters. The molecular weight excluding hydrogens is 362 g/mol. The number of methoxy groups -OCH3 is 2. The van der Waals surface area contributed by atoms with Gasteiger partial charge in [0.25, 0.3) is 10.0 Å². The van der Waals surface area contributed by atoms with Crippen molar-refractivity contribution >= 4 is 27.6 Å². The van der Waals surface area contributed by atoms with Crippen LogP contribution in [-0.4, -0.2) is 41.2 Å². The molecule has 1 N–H and O–H groups in total. The van der Waals surface area contributed by atoms with E-state index in [-0.39, 0.29) is 11.5 Å². The number of carbonyl (C=O) groups excluding carboxylic acids is 2. The molecule has 0 fully saturated rings. The average molecular weight is 379 g/mol. The SMILES string of the molecule is COC(=O)COc1ccc(S(=O)(=O)Nc2ccc(C(=O)OC)cc2)cc1. The van der Waals surface area contributed by atoms with Crippen LogP contribution in [0.25, 0.3) is 0 Å². The molecule has 0 aliphatic heterocycles. The average Bonchev–Trinajstić information content (AvgIpc) is 2.66. The van der Waals surface area contributed by atoms with Gasteiger partial charge in [-0.15, -0.1) is 0 Å². The van der Waals surface area contributed by atoms with Crippen LogP contribution in [0.2, 0.25) is 0 Å². The molecule has 0 heterocycles. The van der Waals surface area contributed by atoms with E-state index >= 15 is 0 Å². The maximum absolute atomic E-state index is 12.4. The van der Waals surface area contributed by atoms with E-state index in [4.69, 9.17) is 4.74 Å². The Hall–Kier alpha value is -3.07. The van der Waals surface area contributed by atoms with Crippen molar-refractivity contribution in [2.24, 2.45) is 0 Å². The molecule has 0 spiro atoms. The van der Waals surface area contributed by atoms with Crippen molar-refractivity contribution in [3.8, 4) is 5.75 Å². The lowest BCUT2D eigenvalue weighted by molar-refractivity contribution is -0.142. The smallest absolute Gasteiger partial charge is 0.343 e. The maximum Gasteiger partial charge on any atom is 0.343 e. The van der Waals surface area contributed by atoms with E-state index in [0.29, 0.717) is 17.0 Å². The molecular formula is C17H17NO7S. The highest BCUT2D eigenvalue weighted by Gasteiger charge is 2.15. The number of esters is 2. The Morgan fingerprint density at radius 2 is 1.54 bits per heavy atom. The fourth-order valence-corrected chi connectivity index (χ4v) is 2.98. The molecule has 0 aromatic heterocycles. The van der Waals surface area contributed by atoms with Crippen molar-refractivity contribution in [3.63, 3.8) is 0 Å². The lowest BCUT2D eigenvalue weighted by Gasteiger charge is -2.10. The summed E-state index contributed by atoms with van der Waals surface area (Å²) in [6, 6.07) is 11.4. The van der Waals surface area contributed by atoms with Crippen molar-refractivity contribution in [1.29, 1.82) is 0 Å². The fraction of sp³-hybridized carbons (Fsp3) is 0.176. The second-order valence-electron chi connectivity index (χ2n) is 5.01. The van der Waals surface area contributed by atoms with Crippen LogP contribution in [-0.2, 0) is 24.3 Å². The Labute approximate surface area is 150 Å². The highest BCUT2D eigenvalue weighted by molar-refractivity contribution is 7.92. The molecule has 0 amide bonds. The molecule has 0 saturated carbocycles. The van der Waals surface area contributed by atoms with Gasteiger partial charge in [0.1, 0.15) is 5.75 Å². The van der Waals surface area contributed by atoms with Crippen LogP contribution in [0.3, 0.4) is 0 Å². The molecule has 2 rings (SSSR count). The Kier molecular flexibility index (Phi) is 6.18. The Morgan fingerprint density at radius 1 is 0.923 bits per heavy atom. The number of nitrogens with one attached hydrogen (secondary N) is 1. The third-order valence-electron chi connectivity index (χ3n) is 3.28. The minimum atomic E-state index is -3.82. The van der Waals surface area contributed by atoms with E-state index in [9.17, 15) is 18.0 Å². The van der Waals surface area contributed by atoms with E-state index in [2.05, 4.69) is 14.2 Å². The predicted molar refractivity (Wildman–Crippen MR) is 92.5 cm³/mol. The van der Waals surface area contributed by atoms with Crippen LogP contribution < -0.4 is 9.46 Å². The molecule has 2 aromatic rings. The van der Waals surface area contributed by atoms with E-state index in [1.54, 1.807) is 0 Å². The number of anilines is 1. The summed E-state index contributed by atoms with van der Waals surface area (Å²) < 4.78 is 41.4. The van der Waals surface area contributed by atoms with Gasteiger partial charge in [-0.2, -0.15) is 0 Å². The van der Waals surface area contributed by atoms with E-state index in [0.717, 1.165) is 0 Å². The van der Waals surface area contributed by atoms with Crippen LogP contribution in [0.15, 0.2) is 53.4 Å². The highest BCUT2D eigenvalue weighted by atomic mass is 32.2. The highest BCUT2D eigenvalue weighted by Crippen LogP contribution is 2.20. The third kappa shape index (κ3) is 4.96. The minimum Gasteiger partial charge on any atom is -0.482 e. The van der Waals surface area contributed by atoms with Crippen LogP contribution in [0.1, 0.15) is 10.4 Å². The second-order valence-corrected chi connectivity index (χ2v) is 6.69. The Bertz CT molecular complexity index is 874. The summed E-state index contributed by atoms with van der Waals surface area (Å²) in [5, 5.41) is 0. The number of hydrogen-bond acceptors (Lipinski definition) is 7. The van der Waals surface area contributed by atoms with Crippen molar-refractivity contribution in [1.82, 2.24) is 0 Å². The summed E-state index contributed by atoms with van der Waals surface area (Å²) in [6.07, 6.45) is 0. The topological polar surface area (TPSA) is 108 Å². The number of carbonyl (C=O) groups is 2. The van der Waals surface area contributed by atoms with Gasteiger partial charge in [-0.3, -0.25) is 4.72 Å². The van der Waals surface area contributed by atoms with Crippen LogP contribution in [0.5, 0.6) is 5.75 Å². The molecule has 9 heteroatoms. The van der Waals surface area contributed by atoms with Gasteiger partial charge in [0.15, 0.2) is 6.61 Å². The first kappa shape index (κ1) is 19.3. The zero-order valence-electron chi connectivity index (χ0n) is 14.1. The largest absolute Gasteiger partial charge is 0.482 e. The zero-order chi connectivity index (χ0) is 19.2. The lowest BCUT2D eigenvalue weighted by atomic mass is 10.2. The first-order chi connectivity index (χ1) is 12.4. The van der Waals surface area contributed by atoms with Gasteiger partial charge in [0, 0.05) is 5.69 Å². The van der Waals surface area contributed by atoms with E-state index in [1.165, 1.54) is 62.8 Å². The maximum atomic E-state index is 12.4. The zero-order valence-corrected chi connectivity index (χ0v) is 14.9. The van der Waals surface area contributed by atoms with Crippen molar-refractivity contribution in [2.75, 3.05) is 25.5 Å². The van der Waals surface area contributed by atoms with Crippen LogP contribution >= 0.6 is 0 Å². The summed E-state index contributed by atoms with van der Waals surface area (Å²) in [5.41, 5.74) is 0.603. The normalized spacial score (nSPS) is 10.7. The monoisotopic (exact) mass is 379 g/mol. The standard InChI is InChI=1S/C17H17NO7S/c1-23-16(19)11-25-14-7-9-15(10-8-14)26(21,22)18-13-5-3-12(4-6-13)17(20)24-2/h3-10,18H,11H2,1-2H3. The van der Waals surface area contributed by atoms with Gasteiger partial charge in [-0.25, -0.2) is 18.0 Å². The minimum absolute atomic E-state index is 0.0139. The summed E-state index contributed by atoms with van der Waals surface area (Å²) >= 11 is 0. The van der Waals surface area contributed by atoms with Crippen molar-refractivity contribution in [3.05, 3.63) is 54.1 Å². The van der Waals surface area contributed by atoms with Crippen molar-refractivity contribution in [2.45, 2.75) is 4.90 Å². The van der Waals surface area contributed by atoms with Crippen LogP contribution in [0, 0.1) is 0 Å². The molecule has 26 heavy (non-hydrogen) atoms. The molecule has 0 saturated heterocycles. The molecule has 8 nitrogen and oxygen atoms in total. The van der Waals surface area contributed by atoms with Gasteiger partial charge in [0.05, 0.1) is 24.7 Å². The predicted octanol–water partition coefficient (Wildman–Crippen LogP) is 1.83. The molecule has 0 radical (unpaired) electrons. The Morgan fingerprint density at radius 3 is 2.08 bits per heavy atom. The van der Waals surface area contributed by atoms with Gasteiger partial charge < -0.3 is 14.2 Å². The number of hydrogen-bond donors (Lipinski definition) is 1. The molecule has 138 valence electrons. The van der Waals surface area contributed by atoms with E-state index < -0.39 is 22.0 Å². The van der Waals surface area contributed by atoms with Gasteiger partial charge in [-0.1, -0.05) is 0 Å². The molecule has 0 atom stereocenters. The number of ether oxygens (including phenoxy) is 3. The Balaban J connectivity index is 2.07. The van der Waals surface area contributed by atoms with Gasteiger partial charge >= 0.3 is 11.9 Å². The molecule has 0 aliphatic carbocycles. The summed E-state index contributed by atoms with van der Waals surface area (Å²) in [6.45, 7) is -0.270. The first-order valence-corrected chi connectivity index (χ1v) is 8.85. The summed E-state index contributed by atoms with van der Waals surface area (Å²) in [7, 11) is -1.32. The van der Waals surface area contributed by atoms with Gasteiger partial charge in [0.2, 0.25) is 0 Å². The number of benzene rings is 2.